The molecule has 3 fully saturated rings. The minimum Gasteiger partial charge on any atom is -0.394 e. The second-order valence-electron chi connectivity index (χ2n) is 26.1. The number of hydrogen-bond acceptors (Lipinski definition) is 18. The Morgan fingerprint density at radius 3 is 1.17 bits per heavy atom. The summed E-state index contributed by atoms with van der Waals surface area (Å²) in [4.78, 5) is 13.4. The van der Waals surface area contributed by atoms with Gasteiger partial charge in [0, 0.05) is 6.42 Å². The van der Waals surface area contributed by atoms with Crippen LogP contribution in [-0.2, 0) is 33.2 Å². The first kappa shape index (κ1) is 82.2. The molecule has 0 spiro atoms. The third-order valence-electron chi connectivity index (χ3n) is 18.2. The van der Waals surface area contributed by atoms with Crippen molar-refractivity contribution < 1.29 is 89.4 Å². The van der Waals surface area contributed by atoms with Crippen LogP contribution in [0.3, 0.4) is 0 Å². The lowest BCUT2D eigenvalue weighted by Crippen LogP contribution is -2.66. The van der Waals surface area contributed by atoms with Crippen LogP contribution in [0.25, 0.3) is 0 Å². The van der Waals surface area contributed by atoms with Crippen LogP contribution < -0.4 is 5.32 Å². The quantitative estimate of drug-likeness (QED) is 0.0199. The van der Waals surface area contributed by atoms with E-state index in [4.69, 9.17) is 28.4 Å². The minimum absolute atomic E-state index is 0.227. The largest absolute Gasteiger partial charge is 0.394 e. The van der Waals surface area contributed by atoms with E-state index in [9.17, 15) is 61.0 Å². The maximum Gasteiger partial charge on any atom is 0.220 e. The molecule has 3 heterocycles. The average molecular weight is 1290 g/mol. The molecule has 90 heavy (non-hydrogen) atoms. The summed E-state index contributed by atoms with van der Waals surface area (Å²) in [5.41, 5.74) is 0. The van der Waals surface area contributed by atoms with Crippen molar-refractivity contribution in [3.05, 3.63) is 36.5 Å². The molecule has 0 aliphatic carbocycles. The molecule has 17 atom stereocenters. The monoisotopic (exact) mass is 1290 g/mol. The molecule has 19 heteroatoms. The lowest BCUT2D eigenvalue weighted by atomic mass is 9.96. The molecule has 3 saturated heterocycles. The van der Waals surface area contributed by atoms with Crippen molar-refractivity contribution >= 4 is 5.91 Å². The Morgan fingerprint density at radius 2 is 0.744 bits per heavy atom. The third kappa shape index (κ3) is 34.6. The maximum absolute atomic E-state index is 13.4. The van der Waals surface area contributed by atoms with Gasteiger partial charge in [0.2, 0.25) is 5.91 Å². The summed E-state index contributed by atoms with van der Waals surface area (Å²) in [6, 6.07) is -0.981. The molecule has 1 amide bonds. The van der Waals surface area contributed by atoms with Gasteiger partial charge in [-0.3, -0.25) is 4.79 Å². The van der Waals surface area contributed by atoms with E-state index in [0.717, 1.165) is 70.6 Å². The minimum atomic E-state index is -1.98. The maximum atomic E-state index is 13.4. The van der Waals surface area contributed by atoms with Crippen molar-refractivity contribution in [3.63, 3.8) is 0 Å². The van der Waals surface area contributed by atoms with E-state index < -0.39 is 124 Å². The first-order chi connectivity index (χ1) is 43.8. The molecule has 0 aromatic rings. The number of nitrogens with one attached hydrogen (secondary N) is 1. The Hall–Kier alpha value is -1.99. The van der Waals surface area contributed by atoms with Gasteiger partial charge in [-0.15, -0.1) is 0 Å². The average Bonchev–Trinajstić information content (AvgIpc) is 0.866. The molecule has 3 aliphatic heterocycles. The molecule has 0 bridgehead atoms. The second kappa shape index (κ2) is 53.2. The van der Waals surface area contributed by atoms with E-state index >= 15 is 0 Å². The molecule has 3 aliphatic rings. The van der Waals surface area contributed by atoms with Gasteiger partial charge in [-0.25, -0.2) is 0 Å². The highest BCUT2D eigenvalue weighted by molar-refractivity contribution is 5.76. The summed E-state index contributed by atoms with van der Waals surface area (Å²) < 4.78 is 34.3. The van der Waals surface area contributed by atoms with E-state index in [0.29, 0.717) is 6.42 Å². The molecule has 0 saturated carbocycles. The predicted molar refractivity (Wildman–Crippen MR) is 351 cm³/mol. The molecule has 0 radical (unpaired) electrons. The molecule has 0 aromatic carbocycles. The fourth-order valence-corrected chi connectivity index (χ4v) is 12.3. The molecule has 3 rings (SSSR count). The zero-order valence-electron chi connectivity index (χ0n) is 55.9. The molecule has 12 N–H and O–H groups in total. The SMILES string of the molecule is CCCC/C=C\C/C=C\CCCCCCCC(=O)NC(COC1OC(CO)C(OC2OC(CO)C(OC3OC(CO)C(O)C(O)C3O)C(O)C2O)C(O)C1O)C(O)/C=C/CCCCCCCCCCCCCCCCCCCCCCCCCCCCCCC. The van der Waals surface area contributed by atoms with Crippen molar-refractivity contribution in [2.24, 2.45) is 0 Å². The Bertz CT molecular complexity index is 1780. The summed E-state index contributed by atoms with van der Waals surface area (Å²) in [5.74, 6) is -0.288. The zero-order valence-corrected chi connectivity index (χ0v) is 55.9. The van der Waals surface area contributed by atoms with Gasteiger partial charge in [-0.05, 0) is 44.9 Å². The van der Waals surface area contributed by atoms with E-state index in [1.54, 1.807) is 6.08 Å². The number of carbonyl (C=O) groups is 1. The number of allylic oxidation sites excluding steroid dienone is 5. The van der Waals surface area contributed by atoms with Crippen molar-refractivity contribution in [1.29, 1.82) is 0 Å². The summed E-state index contributed by atoms with van der Waals surface area (Å²) in [7, 11) is 0. The van der Waals surface area contributed by atoms with Crippen molar-refractivity contribution in [3.8, 4) is 0 Å². The number of aliphatic hydroxyl groups excluding tert-OH is 11. The van der Waals surface area contributed by atoms with Gasteiger partial charge in [-0.2, -0.15) is 0 Å². The van der Waals surface area contributed by atoms with Gasteiger partial charge in [0.15, 0.2) is 18.9 Å². The molecule has 528 valence electrons. The first-order valence-corrected chi connectivity index (χ1v) is 36.2. The second-order valence-corrected chi connectivity index (χ2v) is 26.1. The highest BCUT2D eigenvalue weighted by Gasteiger charge is 2.53. The van der Waals surface area contributed by atoms with Crippen molar-refractivity contribution in [2.75, 3.05) is 26.4 Å². The van der Waals surface area contributed by atoms with Gasteiger partial charge in [0.05, 0.1) is 38.6 Å². The molecule has 17 unspecified atom stereocenters. The third-order valence-corrected chi connectivity index (χ3v) is 18.2. The molecular weight excluding hydrogens is 1150 g/mol. The first-order valence-electron chi connectivity index (χ1n) is 36.2. The van der Waals surface area contributed by atoms with Crippen LogP contribution in [0.2, 0.25) is 0 Å². The van der Waals surface area contributed by atoms with Gasteiger partial charge in [0.1, 0.15) is 73.2 Å². The number of unbranched alkanes of at least 4 members (excludes halogenated alkanes) is 36. The summed E-state index contributed by atoms with van der Waals surface area (Å²) >= 11 is 0. The van der Waals surface area contributed by atoms with E-state index in [1.807, 2.05) is 6.08 Å². The highest BCUT2D eigenvalue weighted by atomic mass is 16.8. The standard InChI is InChI=1S/C71H131NO18/c1-3-5-7-9-11-13-15-17-19-20-21-22-23-24-25-26-27-28-29-30-31-32-33-34-35-36-38-40-42-44-46-48-55(76)54(72-59(77)49-47-45-43-41-39-37-18-16-14-12-10-8-6-4-2)53-85-69-65(83)62(80)67(57(51-74)87-69)90-71-66(84)63(81)68(58(52-75)88-71)89-70-64(82)61(79)60(78)56(50-73)86-70/h10,12,16,18,46,48,54-58,60-71,73-76,78-84H,3-9,11,13-15,17,19-45,47,49-53H2,1-2H3,(H,72,77)/b12-10-,18-16-,48-46+. The fourth-order valence-electron chi connectivity index (χ4n) is 12.3. The van der Waals surface area contributed by atoms with Crippen LogP contribution in [-0.4, -0.2) is 193 Å². The lowest BCUT2D eigenvalue weighted by Gasteiger charge is -2.48. The van der Waals surface area contributed by atoms with Gasteiger partial charge >= 0.3 is 0 Å². The van der Waals surface area contributed by atoms with Gasteiger partial charge in [-0.1, -0.05) is 262 Å². The van der Waals surface area contributed by atoms with Crippen LogP contribution in [0.1, 0.15) is 277 Å². The number of rotatable bonds is 56. The normalized spacial score (nSPS) is 28.2. The van der Waals surface area contributed by atoms with Crippen molar-refractivity contribution in [2.45, 2.75) is 381 Å². The van der Waals surface area contributed by atoms with Crippen LogP contribution in [0.4, 0.5) is 0 Å². The summed E-state index contributed by atoms with van der Waals surface area (Å²) in [6.45, 7) is 1.70. The van der Waals surface area contributed by atoms with Gasteiger partial charge < -0.3 is 89.9 Å². The van der Waals surface area contributed by atoms with Crippen LogP contribution in [0, 0.1) is 0 Å². The number of ether oxygens (including phenoxy) is 6. The number of hydrogen-bond donors (Lipinski definition) is 12. The van der Waals surface area contributed by atoms with Crippen LogP contribution in [0.5, 0.6) is 0 Å². The Morgan fingerprint density at radius 1 is 0.400 bits per heavy atom. The predicted octanol–water partition coefficient (Wildman–Crippen LogP) is 10.00. The van der Waals surface area contributed by atoms with E-state index in [-0.39, 0.29) is 18.9 Å². The topological polar surface area (TPSA) is 307 Å². The fraction of sp³-hybridized carbons (Fsp3) is 0.901. The molecular formula is C71H131NO18. The number of carbonyl (C=O) groups excluding carboxylic acids is 1. The Kier molecular flexibility index (Phi) is 48.6. The smallest absolute Gasteiger partial charge is 0.220 e. The Balaban J connectivity index is 1.38. The highest BCUT2D eigenvalue weighted by Crippen LogP contribution is 2.33. The van der Waals surface area contributed by atoms with Crippen molar-refractivity contribution in [1.82, 2.24) is 5.32 Å². The Labute approximate surface area is 542 Å². The number of aliphatic hydroxyl groups is 11. The van der Waals surface area contributed by atoms with E-state index in [1.165, 1.54) is 180 Å². The lowest BCUT2D eigenvalue weighted by molar-refractivity contribution is -0.379. The molecule has 19 nitrogen and oxygen atoms in total. The van der Waals surface area contributed by atoms with Crippen LogP contribution >= 0.6 is 0 Å². The molecule has 0 aromatic heterocycles. The summed E-state index contributed by atoms with van der Waals surface area (Å²) in [5, 5.41) is 120. The van der Waals surface area contributed by atoms with Crippen LogP contribution in [0.15, 0.2) is 36.5 Å². The summed E-state index contributed by atoms with van der Waals surface area (Å²) in [6.07, 6.45) is 35.7. The number of amides is 1. The van der Waals surface area contributed by atoms with Gasteiger partial charge in [0.25, 0.3) is 0 Å². The zero-order chi connectivity index (χ0) is 65.4. The van der Waals surface area contributed by atoms with E-state index in [2.05, 4.69) is 43.5 Å².